The van der Waals surface area contributed by atoms with Crippen molar-refractivity contribution in [3.8, 4) is 0 Å². The Balaban J connectivity index is 0.00000225. The minimum atomic E-state index is -0.158. The van der Waals surface area contributed by atoms with Gasteiger partial charge in [0.1, 0.15) is 0 Å². The molecule has 1 amide bonds. The third-order valence-electron chi connectivity index (χ3n) is 2.23. The molecule has 3 N–H and O–H groups in total. The fraction of sp³-hybridized carbons (Fsp3) is 0.364. The highest BCUT2D eigenvalue weighted by Crippen LogP contribution is 2.20. The zero-order valence-electron chi connectivity index (χ0n) is 9.29. The normalized spacial score (nSPS) is 11.5. The summed E-state index contributed by atoms with van der Waals surface area (Å²) in [6, 6.07) is 5.70. The van der Waals surface area contributed by atoms with Crippen LogP contribution in [0.3, 0.4) is 0 Å². The molecule has 5 heteroatoms. The van der Waals surface area contributed by atoms with Gasteiger partial charge < -0.3 is 11.1 Å². The minimum absolute atomic E-state index is 0. The molecule has 90 valence electrons. The number of carbonyl (C=O) groups is 1. The average molecular weight is 308 g/mol. The van der Waals surface area contributed by atoms with Crippen LogP contribution in [0, 0.1) is 12.8 Å². The van der Waals surface area contributed by atoms with E-state index < -0.39 is 0 Å². The van der Waals surface area contributed by atoms with Crippen LogP contribution in [0.15, 0.2) is 22.7 Å². The molecular weight excluding hydrogens is 291 g/mol. The maximum atomic E-state index is 11.5. The molecule has 1 rings (SSSR count). The number of rotatable bonds is 3. The van der Waals surface area contributed by atoms with E-state index in [1.807, 2.05) is 25.1 Å². The number of nitrogens with two attached hydrogens (primary N) is 1. The van der Waals surface area contributed by atoms with Crippen LogP contribution in [0.25, 0.3) is 0 Å². The van der Waals surface area contributed by atoms with Gasteiger partial charge in [0.25, 0.3) is 0 Å². The van der Waals surface area contributed by atoms with E-state index in [0.29, 0.717) is 6.54 Å². The lowest BCUT2D eigenvalue weighted by Crippen LogP contribution is -2.26. The van der Waals surface area contributed by atoms with E-state index in [4.69, 9.17) is 5.73 Å². The lowest BCUT2D eigenvalue weighted by atomic mass is 10.1. The summed E-state index contributed by atoms with van der Waals surface area (Å²) in [5.41, 5.74) is 7.31. The van der Waals surface area contributed by atoms with Crippen molar-refractivity contribution in [2.75, 3.05) is 11.9 Å². The molecule has 16 heavy (non-hydrogen) atoms. The quantitative estimate of drug-likeness (QED) is 0.902. The standard InChI is InChI=1S/C11H15BrN2O.ClH/c1-7-5-9(3-4-10(7)12)14-11(15)8(2)6-13;/h3-5,8H,6,13H2,1-2H3,(H,14,15);1H. The maximum Gasteiger partial charge on any atom is 0.228 e. The van der Waals surface area contributed by atoms with E-state index in [-0.39, 0.29) is 24.2 Å². The number of nitrogens with one attached hydrogen (secondary N) is 1. The molecule has 0 spiro atoms. The van der Waals surface area contributed by atoms with Crippen molar-refractivity contribution in [3.05, 3.63) is 28.2 Å². The van der Waals surface area contributed by atoms with Crippen molar-refractivity contribution >= 4 is 39.9 Å². The second kappa shape index (κ2) is 6.89. The van der Waals surface area contributed by atoms with Crippen LogP contribution in [0.2, 0.25) is 0 Å². The Kier molecular flexibility index (Phi) is 6.64. The molecule has 0 aliphatic carbocycles. The second-order valence-electron chi connectivity index (χ2n) is 3.59. The summed E-state index contributed by atoms with van der Waals surface area (Å²) in [5.74, 6) is -0.201. The predicted octanol–water partition coefficient (Wildman–Crippen LogP) is 2.71. The molecule has 0 aromatic heterocycles. The lowest BCUT2D eigenvalue weighted by Gasteiger charge is -2.10. The van der Waals surface area contributed by atoms with E-state index >= 15 is 0 Å². The monoisotopic (exact) mass is 306 g/mol. The van der Waals surface area contributed by atoms with Crippen molar-refractivity contribution < 1.29 is 4.79 Å². The number of hydrogen-bond acceptors (Lipinski definition) is 2. The van der Waals surface area contributed by atoms with Crippen molar-refractivity contribution in [1.29, 1.82) is 0 Å². The molecule has 1 atom stereocenters. The maximum absolute atomic E-state index is 11.5. The molecule has 1 aromatic rings. The summed E-state index contributed by atoms with van der Waals surface area (Å²) in [5, 5.41) is 2.82. The van der Waals surface area contributed by atoms with Gasteiger partial charge in [0.05, 0.1) is 0 Å². The SMILES string of the molecule is Cc1cc(NC(=O)C(C)CN)ccc1Br.Cl. The smallest absolute Gasteiger partial charge is 0.228 e. The molecule has 0 fully saturated rings. The van der Waals surface area contributed by atoms with Crippen LogP contribution in [-0.2, 0) is 4.79 Å². The zero-order valence-corrected chi connectivity index (χ0v) is 11.7. The number of benzene rings is 1. The van der Waals surface area contributed by atoms with Gasteiger partial charge in [0.2, 0.25) is 5.91 Å². The Labute approximate surface area is 110 Å². The van der Waals surface area contributed by atoms with Crippen LogP contribution >= 0.6 is 28.3 Å². The Hall–Kier alpha value is -0.580. The van der Waals surface area contributed by atoms with Gasteiger partial charge in [-0.2, -0.15) is 0 Å². The number of anilines is 1. The first kappa shape index (κ1) is 15.4. The summed E-state index contributed by atoms with van der Waals surface area (Å²) in [6.45, 7) is 4.15. The Morgan fingerprint density at radius 2 is 2.19 bits per heavy atom. The fourth-order valence-electron chi connectivity index (χ4n) is 1.09. The second-order valence-corrected chi connectivity index (χ2v) is 4.44. The van der Waals surface area contributed by atoms with Gasteiger partial charge in [-0.1, -0.05) is 22.9 Å². The summed E-state index contributed by atoms with van der Waals surface area (Å²) < 4.78 is 1.03. The summed E-state index contributed by atoms with van der Waals surface area (Å²) in [6.07, 6.45) is 0. The molecule has 1 unspecified atom stereocenters. The lowest BCUT2D eigenvalue weighted by molar-refractivity contribution is -0.119. The molecule has 0 saturated heterocycles. The van der Waals surface area contributed by atoms with Crippen LogP contribution < -0.4 is 11.1 Å². The molecule has 0 aliphatic heterocycles. The number of halogens is 2. The van der Waals surface area contributed by atoms with Crippen LogP contribution in [0.1, 0.15) is 12.5 Å². The molecule has 0 radical (unpaired) electrons. The average Bonchev–Trinajstić information content (AvgIpc) is 2.22. The highest BCUT2D eigenvalue weighted by Gasteiger charge is 2.10. The van der Waals surface area contributed by atoms with Crippen LogP contribution in [0.4, 0.5) is 5.69 Å². The molecule has 3 nitrogen and oxygen atoms in total. The molecule has 0 saturated carbocycles. The van der Waals surface area contributed by atoms with Crippen LogP contribution in [0.5, 0.6) is 0 Å². The first-order chi connectivity index (χ1) is 7.04. The summed E-state index contributed by atoms with van der Waals surface area (Å²) in [7, 11) is 0. The van der Waals surface area contributed by atoms with Gasteiger partial charge >= 0.3 is 0 Å². The predicted molar refractivity (Wildman–Crippen MR) is 73.0 cm³/mol. The van der Waals surface area contributed by atoms with E-state index in [2.05, 4.69) is 21.2 Å². The first-order valence-corrected chi connectivity index (χ1v) is 5.61. The largest absolute Gasteiger partial charge is 0.330 e. The van der Waals surface area contributed by atoms with Crippen LogP contribution in [-0.4, -0.2) is 12.5 Å². The van der Waals surface area contributed by atoms with Gasteiger partial charge in [-0.25, -0.2) is 0 Å². The highest BCUT2D eigenvalue weighted by molar-refractivity contribution is 9.10. The van der Waals surface area contributed by atoms with Gasteiger partial charge in [-0.05, 0) is 30.7 Å². The van der Waals surface area contributed by atoms with Gasteiger partial charge in [0, 0.05) is 22.6 Å². The Morgan fingerprint density at radius 3 is 2.69 bits per heavy atom. The first-order valence-electron chi connectivity index (χ1n) is 4.81. The van der Waals surface area contributed by atoms with E-state index in [0.717, 1.165) is 15.7 Å². The van der Waals surface area contributed by atoms with E-state index in [9.17, 15) is 4.79 Å². The number of hydrogen-bond donors (Lipinski definition) is 2. The van der Waals surface area contributed by atoms with Crippen molar-refractivity contribution in [1.82, 2.24) is 0 Å². The number of amides is 1. The molecule has 0 aliphatic rings. The molecule has 0 heterocycles. The fourth-order valence-corrected chi connectivity index (χ4v) is 1.34. The van der Waals surface area contributed by atoms with Gasteiger partial charge in [-0.3, -0.25) is 4.79 Å². The minimum Gasteiger partial charge on any atom is -0.330 e. The van der Waals surface area contributed by atoms with E-state index in [1.54, 1.807) is 6.92 Å². The molecular formula is C11H16BrClN2O. The summed E-state index contributed by atoms with van der Waals surface area (Å²) in [4.78, 5) is 11.5. The van der Waals surface area contributed by atoms with Gasteiger partial charge in [0.15, 0.2) is 0 Å². The number of aryl methyl sites for hydroxylation is 1. The molecule has 1 aromatic carbocycles. The summed E-state index contributed by atoms with van der Waals surface area (Å²) >= 11 is 3.41. The zero-order chi connectivity index (χ0) is 11.4. The van der Waals surface area contributed by atoms with Crippen molar-refractivity contribution in [3.63, 3.8) is 0 Å². The Bertz CT molecular complexity index is 371. The third kappa shape index (κ3) is 4.12. The van der Waals surface area contributed by atoms with Crippen molar-refractivity contribution in [2.24, 2.45) is 11.7 Å². The highest BCUT2D eigenvalue weighted by atomic mass is 79.9. The third-order valence-corrected chi connectivity index (χ3v) is 3.12. The van der Waals surface area contributed by atoms with Gasteiger partial charge in [-0.15, -0.1) is 12.4 Å². The van der Waals surface area contributed by atoms with Crippen molar-refractivity contribution in [2.45, 2.75) is 13.8 Å². The molecule has 0 bridgehead atoms. The van der Waals surface area contributed by atoms with E-state index in [1.165, 1.54) is 0 Å². The Morgan fingerprint density at radius 1 is 1.56 bits per heavy atom. The topological polar surface area (TPSA) is 55.1 Å². The number of carbonyl (C=O) groups excluding carboxylic acids is 1.